The zero-order valence-electron chi connectivity index (χ0n) is 12.4. The number of nitrogens with one attached hydrogen (secondary N) is 1. The maximum atomic E-state index is 12.4. The minimum Gasteiger partial charge on any atom is -0.351 e. The second-order valence-corrected chi connectivity index (χ2v) is 7.30. The van der Waals surface area contributed by atoms with E-state index in [4.69, 9.17) is 0 Å². The number of carbonyl (C=O) groups excluding carboxylic acids is 1. The number of hydrogen-bond acceptors (Lipinski definition) is 5. The summed E-state index contributed by atoms with van der Waals surface area (Å²) in [4.78, 5) is 28.5. The summed E-state index contributed by atoms with van der Waals surface area (Å²) in [5.74, 6) is -0.764. The van der Waals surface area contributed by atoms with E-state index in [9.17, 15) is 18.0 Å². The van der Waals surface area contributed by atoms with E-state index in [-0.39, 0.29) is 23.6 Å². The van der Waals surface area contributed by atoms with Gasteiger partial charge in [0, 0.05) is 24.2 Å². The predicted molar refractivity (Wildman–Crippen MR) is 82.9 cm³/mol. The molecular weight excluding hydrogens is 306 g/mol. The predicted octanol–water partition coefficient (Wildman–Crippen LogP) is 0.167. The van der Waals surface area contributed by atoms with Gasteiger partial charge in [-0.15, -0.1) is 0 Å². The van der Waals surface area contributed by atoms with Gasteiger partial charge in [-0.3, -0.25) is 14.0 Å². The van der Waals surface area contributed by atoms with Gasteiger partial charge >= 0.3 is 0 Å². The zero-order valence-corrected chi connectivity index (χ0v) is 13.2. The lowest BCUT2D eigenvalue weighted by atomic mass is 10.3. The monoisotopic (exact) mass is 323 g/mol. The number of aromatic nitrogens is 2. The molecule has 0 bridgehead atoms. The van der Waals surface area contributed by atoms with Crippen LogP contribution in [0.25, 0.3) is 5.65 Å². The molecule has 0 atom stereocenters. The van der Waals surface area contributed by atoms with Crippen molar-refractivity contribution in [3.8, 4) is 0 Å². The molecule has 0 spiro atoms. The van der Waals surface area contributed by atoms with Crippen LogP contribution in [0.5, 0.6) is 0 Å². The average molecular weight is 323 g/mol. The van der Waals surface area contributed by atoms with Crippen molar-refractivity contribution in [1.29, 1.82) is 0 Å². The van der Waals surface area contributed by atoms with Gasteiger partial charge in [0.15, 0.2) is 9.84 Å². The molecule has 0 saturated carbocycles. The lowest BCUT2D eigenvalue weighted by molar-refractivity contribution is 0.0954. The molecule has 0 radical (unpaired) electrons. The van der Waals surface area contributed by atoms with E-state index in [0.717, 1.165) is 0 Å². The topological polar surface area (TPSA) is 97.6 Å². The van der Waals surface area contributed by atoms with E-state index in [1.807, 2.05) is 0 Å². The van der Waals surface area contributed by atoms with E-state index in [1.165, 1.54) is 10.6 Å². The van der Waals surface area contributed by atoms with Crippen LogP contribution in [0.15, 0.2) is 29.2 Å². The number of sulfone groups is 1. The Kier molecular flexibility index (Phi) is 4.60. The zero-order chi connectivity index (χ0) is 16.3. The number of amides is 1. The molecular formula is C14H17N3O4S. The normalized spacial score (nSPS) is 11.5. The van der Waals surface area contributed by atoms with Crippen molar-refractivity contribution in [2.75, 3.05) is 18.1 Å². The molecule has 2 aromatic rings. The van der Waals surface area contributed by atoms with Crippen molar-refractivity contribution < 1.29 is 13.2 Å². The number of fused-ring (bicyclic) bond motifs is 1. The highest BCUT2D eigenvalue weighted by atomic mass is 32.2. The Hall–Kier alpha value is -2.22. The van der Waals surface area contributed by atoms with E-state index < -0.39 is 21.3 Å². The molecule has 0 aliphatic carbocycles. The SMILES string of the molecule is CCS(=O)(=O)CCNC(=O)c1cnc2cccc(C)n2c1=O. The summed E-state index contributed by atoms with van der Waals surface area (Å²) in [6.07, 6.45) is 1.21. The fraction of sp³-hybridized carbons (Fsp3) is 0.357. The Morgan fingerprint density at radius 3 is 2.77 bits per heavy atom. The minimum absolute atomic E-state index is 0.0161. The van der Waals surface area contributed by atoms with Gasteiger partial charge in [0.25, 0.3) is 11.5 Å². The summed E-state index contributed by atoms with van der Waals surface area (Å²) >= 11 is 0. The smallest absolute Gasteiger partial charge is 0.270 e. The Balaban J connectivity index is 2.24. The molecule has 2 aromatic heterocycles. The summed E-state index contributed by atoms with van der Waals surface area (Å²) in [5, 5.41) is 2.44. The first-order valence-corrected chi connectivity index (χ1v) is 8.64. The number of aryl methyl sites for hydroxylation is 1. The molecule has 0 aliphatic heterocycles. The molecule has 1 amide bonds. The van der Waals surface area contributed by atoms with Crippen LogP contribution in [0.1, 0.15) is 23.0 Å². The summed E-state index contributed by atoms with van der Waals surface area (Å²) in [5.41, 5.74) is 0.535. The van der Waals surface area contributed by atoms with Crippen molar-refractivity contribution in [1.82, 2.24) is 14.7 Å². The number of pyridine rings is 1. The Morgan fingerprint density at radius 2 is 2.09 bits per heavy atom. The lowest BCUT2D eigenvalue weighted by Crippen LogP contribution is -2.34. The summed E-state index contributed by atoms with van der Waals surface area (Å²) < 4.78 is 24.1. The minimum atomic E-state index is -3.16. The third-order valence-electron chi connectivity index (χ3n) is 3.31. The van der Waals surface area contributed by atoms with Crippen LogP contribution in [0, 0.1) is 6.92 Å². The maximum Gasteiger partial charge on any atom is 0.270 e. The Bertz CT molecular complexity index is 871. The highest BCUT2D eigenvalue weighted by molar-refractivity contribution is 7.91. The van der Waals surface area contributed by atoms with Crippen LogP contribution in [-0.2, 0) is 9.84 Å². The van der Waals surface area contributed by atoms with Crippen molar-refractivity contribution in [2.45, 2.75) is 13.8 Å². The van der Waals surface area contributed by atoms with Crippen molar-refractivity contribution in [3.05, 3.63) is 46.0 Å². The average Bonchev–Trinajstić information content (AvgIpc) is 2.47. The van der Waals surface area contributed by atoms with Gasteiger partial charge in [-0.25, -0.2) is 13.4 Å². The van der Waals surface area contributed by atoms with Gasteiger partial charge in [-0.05, 0) is 19.1 Å². The van der Waals surface area contributed by atoms with E-state index >= 15 is 0 Å². The molecule has 0 aromatic carbocycles. The largest absolute Gasteiger partial charge is 0.351 e. The van der Waals surface area contributed by atoms with Crippen molar-refractivity contribution in [2.24, 2.45) is 0 Å². The molecule has 1 N–H and O–H groups in total. The van der Waals surface area contributed by atoms with Gasteiger partial charge in [0.05, 0.1) is 5.75 Å². The van der Waals surface area contributed by atoms with Crippen LogP contribution in [0.2, 0.25) is 0 Å². The highest BCUT2D eigenvalue weighted by Gasteiger charge is 2.15. The third-order valence-corrected chi connectivity index (χ3v) is 5.01. The van der Waals surface area contributed by atoms with E-state index in [0.29, 0.717) is 11.3 Å². The second-order valence-electron chi connectivity index (χ2n) is 4.83. The number of rotatable bonds is 5. The molecule has 2 heterocycles. The van der Waals surface area contributed by atoms with E-state index in [1.54, 1.807) is 32.0 Å². The van der Waals surface area contributed by atoms with Crippen LogP contribution in [-0.4, -0.2) is 41.8 Å². The fourth-order valence-electron chi connectivity index (χ4n) is 1.99. The molecule has 8 heteroatoms. The third kappa shape index (κ3) is 3.33. The molecule has 0 unspecified atom stereocenters. The molecule has 0 aliphatic rings. The summed E-state index contributed by atoms with van der Waals surface area (Å²) in [6.45, 7) is 3.25. The Labute approximate surface area is 127 Å². The number of hydrogen-bond donors (Lipinski definition) is 1. The van der Waals surface area contributed by atoms with Crippen molar-refractivity contribution in [3.63, 3.8) is 0 Å². The van der Waals surface area contributed by atoms with Gasteiger partial charge < -0.3 is 5.32 Å². The molecule has 0 saturated heterocycles. The van der Waals surface area contributed by atoms with Crippen LogP contribution in [0.4, 0.5) is 0 Å². The molecule has 7 nitrogen and oxygen atoms in total. The fourth-order valence-corrected chi connectivity index (χ4v) is 2.69. The van der Waals surface area contributed by atoms with E-state index in [2.05, 4.69) is 10.3 Å². The number of nitrogens with zero attached hydrogens (tertiary/aromatic N) is 2. The van der Waals surface area contributed by atoms with Gasteiger partial charge in [0.2, 0.25) is 0 Å². The highest BCUT2D eigenvalue weighted by Crippen LogP contribution is 2.02. The first kappa shape index (κ1) is 16.2. The molecule has 22 heavy (non-hydrogen) atoms. The van der Waals surface area contributed by atoms with Gasteiger partial charge in [-0.2, -0.15) is 0 Å². The van der Waals surface area contributed by atoms with Gasteiger partial charge in [-0.1, -0.05) is 13.0 Å². The second kappa shape index (κ2) is 6.27. The maximum absolute atomic E-state index is 12.4. The lowest BCUT2D eigenvalue weighted by Gasteiger charge is -2.07. The molecule has 118 valence electrons. The standard InChI is InChI=1S/C14H17N3O4S/c1-3-22(20,21)8-7-15-13(18)11-9-16-12-6-4-5-10(2)17(12)14(11)19/h4-6,9H,3,7-8H2,1-2H3,(H,15,18). The van der Waals surface area contributed by atoms with Crippen LogP contribution < -0.4 is 10.9 Å². The first-order chi connectivity index (χ1) is 10.4. The molecule has 0 fully saturated rings. The van der Waals surface area contributed by atoms with Crippen molar-refractivity contribution >= 4 is 21.4 Å². The van der Waals surface area contributed by atoms with Crippen LogP contribution in [0.3, 0.4) is 0 Å². The van der Waals surface area contributed by atoms with Crippen LogP contribution >= 0.6 is 0 Å². The van der Waals surface area contributed by atoms with Gasteiger partial charge in [0.1, 0.15) is 11.2 Å². The molecule has 2 rings (SSSR count). The summed E-state index contributed by atoms with van der Waals surface area (Å²) in [6, 6.07) is 5.18. The quantitative estimate of drug-likeness (QED) is 0.846. The summed E-state index contributed by atoms with van der Waals surface area (Å²) in [7, 11) is -3.16. The Morgan fingerprint density at radius 1 is 1.36 bits per heavy atom. The number of carbonyl (C=O) groups is 1. The first-order valence-electron chi connectivity index (χ1n) is 6.81.